The summed E-state index contributed by atoms with van der Waals surface area (Å²) in [5.74, 6) is -0.731. The van der Waals surface area contributed by atoms with E-state index in [4.69, 9.17) is 4.74 Å². The Morgan fingerprint density at radius 2 is 1.96 bits per heavy atom. The molecule has 0 radical (unpaired) electrons. The van der Waals surface area contributed by atoms with Crippen LogP contribution in [0.5, 0.6) is 0 Å². The van der Waals surface area contributed by atoms with Gasteiger partial charge in [0.25, 0.3) is 15.9 Å². The maximum Gasteiger partial charge on any atom is 0.338 e. The fourth-order valence-electron chi connectivity index (χ4n) is 1.80. The van der Waals surface area contributed by atoms with E-state index in [0.29, 0.717) is 16.9 Å². The van der Waals surface area contributed by atoms with Gasteiger partial charge in [0, 0.05) is 13.6 Å². The summed E-state index contributed by atoms with van der Waals surface area (Å²) in [6.07, 6.45) is 0.826. The molecule has 1 N–H and O–H groups in total. The van der Waals surface area contributed by atoms with Gasteiger partial charge in [-0.3, -0.25) is 9.63 Å². The van der Waals surface area contributed by atoms with Gasteiger partial charge in [-0.05, 0) is 30.5 Å². The van der Waals surface area contributed by atoms with Gasteiger partial charge in [-0.1, -0.05) is 24.4 Å². The van der Waals surface area contributed by atoms with E-state index in [-0.39, 0.29) is 10.5 Å². The molecule has 8 nitrogen and oxygen atoms in total. The van der Waals surface area contributed by atoms with Gasteiger partial charge in [0.2, 0.25) is 0 Å². The van der Waals surface area contributed by atoms with Crippen LogP contribution >= 0.6 is 0 Å². The molecule has 25 heavy (non-hydrogen) atoms. The van der Waals surface area contributed by atoms with Crippen molar-refractivity contribution in [1.82, 2.24) is 9.79 Å². The lowest BCUT2D eigenvalue weighted by molar-refractivity contribution is -0.124. The number of nitrogens with zero attached hydrogens (tertiary/aromatic N) is 1. The normalized spacial score (nSPS) is 11.6. The fourth-order valence-corrected chi connectivity index (χ4v) is 2.82. The van der Waals surface area contributed by atoms with Crippen LogP contribution in [0.1, 0.15) is 30.6 Å². The minimum atomic E-state index is -3.87. The lowest BCUT2D eigenvalue weighted by Crippen LogP contribution is -2.30. The predicted molar refractivity (Wildman–Crippen MR) is 91.1 cm³/mol. The van der Waals surface area contributed by atoms with Crippen LogP contribution in [-0.2, 0) is 24.4 Å². The lowest BCUT2D eigenvalue weighted by Gasteiger charge is -2.14. The number of ether oxygens (including phenoxy) is 1. The Morgan fingerprint density at radius 1 is 1.28 bits per heavy atom. The molecule has 140 valence electrons. The Morgan fingerprint density at radius 3 is 2.56 bits per heavy atom. The minimum absolute atomic E-state index is 0.0283. The molecule has 0 saturated heterocycles. The van der Waals surface area contributed by atoms with Crippen molar-refractivity contribution in [3.8, 4) is 0 Å². The second-order valence-corrected chi connectivity index (χ2v) is 7.67. The van der Waals surface area contributed by atoms with Crippen molar-refractivity contribution >= 4 is 21.9 Å². The Bertz CT molecular complexity index is 702. The first-order valence-corrected chi connectivity index (χ1v) is 9.19. The Balaban J connectivity index is 2.68. The summed E-state index contributed by atoms with van der Waals surface area (Å²) in [5.41, 5.74) is 0.0283. The van der Waals surface area contributed by atoms with E-state index < -0.39 is 28.5 Å². The van der Waals surface area contributed by atoms with Crippen molar-refractivity contribution in [2.45, 2.75) is 25.2 Å². The van der Waals surface area contributed by atoms with Crippen molar-refractivity contribution in [1.29, 1.82) is 0 Å². The van der Waals surface area contributed by atoms with E-state index in [9.17, 15) is 18.0 Å². The molecular weight excluding hydrogens is 348 g/mol. The van der Waals surface area contributed by atoms with Crippen LogP contribution in [0, 0.1) is 5.92 Å². The molecule has 0 aliphatic carbocycles. The van der Waals surface area contributed by atoms with E-state index in [0.717, 1.165) is 6.42 Å². The van der Waals surface area contributed by atoms with Crippen molar-refractivity contribution in [2.24, 2.45) is 5.92 Å². The van der Waals surface area contributed by atoms with Gasteiger partial charge in [-0.15, -0.1) is 0 Å². The second kappa shape index (κ2) is 9.50. The highest BCUT2D eigenvalue weighted by Gasteiger charge is 2.22. The molecule has 1 aromatic carbocycles. The number of carbonyl (C=O) groups excluding carboxylic acids is 2. The van der Waals surface area contributed by atoms with Crippen LogP contribution in [0.15, 0.2) is 29.2 Å². The van der Waals surface area contributed by atoms with Crippen LogP contribution in [0.2, 0.25) is 0 Å². The number of rotatable bonds is 9. The maximum absolute atomic E-state index is 12.2. The largest absolute Gasteiger partial charge is 0.452 e. The summed E-state index contributed by atoms with van der Waals surface area (Å²) in [5, 5.41) is 2.64. The summed E-state index contributed by atoms with van der Waals surface area (Å²) in [7, 11) is -1.42. The number of esters is 1. The smallest absolute Gasteiger partial charge is 0.338 e. The maximum atomic E-state index is 12.2. The molecular formula is C16H24N2O6S. The van der Waals surface area contributed by atoms with E-state index in [1.54, 1.807) is 0 Å². The minimum Gasteiger partial charge on any atom is -0.452 e. The number of hydrogen-bond donors (Lipinski definition) is 1. The fraction of sp³-hybridized carbons (Fsp3) is 0.500. The third-order valence-electron chi connectivity index (χ3n) is 3.34. The lowest BCUT2D eigenvalue weighted by atomic mass is 10.1. The molecule has 0 atom stereocenters. The predicted octanol–water partition coefficient (Wildman–Crippen LogP) is 1.19. The summed E-state index contributed by atoms with van der Waals surface area (Å²) >= 11 is 0. The number of sulfonamides is 1. The number of carbonyl (C=O) groups is 2. The molecule has 0 fully saturated rings. The molecule has 0 aliphatic heterocycles. The molecule has 1 amide bonds. The van der Waals surface area contributed by atoms with Crippen LogP contribution in [0.25, 0.3) is 0 Å². The van der Waals surface area contributed by atoms with Crippen molar-refractivity contribution in [3.63, 3.8) is 0 Å². The molecule has 0 unspecified atom stereocenters. The van der Waals surface area contributed by atoms with E-state index in [1.807, 2.05) is 13.8 Å². The number of benzene rings is 1. The number of hydroxylamine groups is 1. The highest BCUT2D eigenvalue weighted by atomic mass is 32.2. The van der Waals surface area contributed by atoms with E-state index in [1.165, 1.54) is 38.4 Å². The number of nitrogens with one attached hydrogen (secondary N) is 1. The van der Waals surface area contributed by atoms with Gasteiger partial charge in [0.15, 0.2) is 6.61 Å². The summed E-state index contributed by atoms with van der Waals surface area (Å²) in [6.45, 7) is 4.15. The first-order valence-electron chi connectivity index (χ1n) is 7.75. The van der Waals surface area contributed by atoms with Crippen LogP contribution in [-0.4, -0.2) is 52.1 Å². The van der Waals surface area contributed by atoms with Crippen LogP contribution in [0.4, 0.5) is 0 Å². The molecule has 0 bridgehead atoms. The zero-order valence-electron chi connectivity index (χ0n) is 14.8. The molecule has 0 spiro atoms. The topological polar surface area (TPSA) is 102 Å². The average molecular weight is 372 g/mol. The van der Waals surface area contributed by atoms with Gasteiger partial charge in [0.1, 0.15) is 0 Å². The first kappa shape index (κ1) is 21.1. The summed E-state index contributed by atoms with van der Waals surface area (Å²) < 4.78 is 29.9. The number of hydrogen-bond acceptors (Lipinski definition) is 6. The Labute approximate surface area is 148 Å². The van der Waals surface area contributed by atoms with Gasteiger partial charge in [-0.25, -0.2) is 13.2 Å². The van der Waals surface area contributed by atoms with Gasteiger partial charge in [-0.2, -0.15) is 0 Å². The SMILES string of the molecule is CON(C)S(=O)(=O)c1cccc(C(=O)OCC(=O)NCCC(C)C)c1. The van der Waals surface area contributed by atoms with Crippen LogP contribution in [0.3, 0.4) is 0 Å². The Kier molecular flexibility index (Phi) is 8.01. The molecule has 0 heterocycles. The molecule has 1 aromatic rings. The second-order valence-electron chi connectivity index (χ2n) is 5.73. The number of amides is 1. The van der Waals surface area contributed by atoms with Crippen molar-refractivity contribution in [3.05, 3.63) is 29.8 Å². The standard InChI is InChI=1S/C16H24N2O6S/c1-12(2)8-9-17-15(19)11-24-16(20)13-6-5-7-14(10-13)25(21,22)18(3)23-4/h5-7,10,12H,8-9,11H2,1-4H3,(H,17,19). The Hall–Kier alpha value is -1.97. The van der Waals surface area contributed by atoms with Gasteiger partial charge >= 0.3 is 5.97 Å². The van der Waals surface area contributed by atoms with Crippen molar-refractivity contribution < 1.29 is 27.6 Å². The monoisotopic (exact) mass is 372 g/mol. The van der Waals surface area contributed by atoms with Gasteiger partial charge in [0.05, 0.1) is 17.6 Å². The van der Waals surface area contributed by atoms with Gasteiger partial charge < -0.3 is 10.1 Å². The summed E-state index contributed by atoms with van der Waals surface area (Å²) in [6, 6.07) is 5.32. The highest BCUT2D eigenvalue weighted by molar-refractivity contribution is 7.89. The van der Waals surface area contributed by atoms with E-state index in [2.05, 4.69) is 10.2 Å². The molecule has 0 aliphatic rings. The third-order valence-corrected chi connectivity index (χ3v) is 5.02. The molecule has 9 heteroatoms. The van der Waals surface area contributed by atoms with E-state index >= 15 is 0 Å². The quantitative estimate of drug-likeness (QED) is 0.516. The zero-order chi connectivity index (χ0) is 19.0. The van der Waals surface area contributed by atoms with Crippen molar-refractivity contribution in [2.75, 3.05) is 27.3 Å². The zero-order valence-corrected chi connectivity index (χ0v) is 15.6. The average Bonchev–Trinajstić information content (AvgIpc) is 2.58. The first-order chi connectivity index (χ1) is 11.7. The molecule has 1 rings (SSSR count). The highest BCUT2D eigenvalue weighted by Crippen LogP contribution is 2.16. The summed E-state index contributed by atoms with van der Waals surface area (Å²) in [4.78, 5) is 28.2. The molecule has 0 aromatic heterocycles. The van der Waals surface area contributed by atoms with Crippen LogP contribution < -0.4 is 5.32 Å². The third kappa shape index (κ3) is 6.45. The molecule has 0 saturated carbocycles.